The summed E-state index contributed by atoms with van der Waals surface area (Å²) in [6.45, 7) is 0. The van der Waals surface area contributed by atoms with Crippen LogP contribution in [0.25, 0.3) is 153 Å². The lowest BCUT2D eigenvalue weighted by atomic mass is 9.69. The third-order valence-electron chi connectivity index (χ3n) is 17.7. The van der Waals surface area contributed by atoms with Gasteiger partial charge in [0.25, 0.3) is 0 Å². The van der Waals surface area contributed by atoms with Crippen LogP contribution in [-0.2, 0) is 5.41 Å². The molecule has 0 aliphatic heterocycles. The molecule has 0 fully saturated rings. The minimum Gasteiger partial charge on any atom is -0.0619 e. The molecule has 2 aliphatic carbocycles. The van der Waals surface area contributed by atoms with Crippen LogP contribution in [-0.4, -0.2) is 0 Å². The molecule has 0 atom stereocenters. The fraction of sp³-hybridized carbons (Fsp3) is 0.0137. The van der Waals surface area contributed by atoms with E-state index < -0.39 is 5.41 Å². The Hall–Kier alpha value is -9.36. The maximum absolute atomic E-state index is 2.57. The molecular weight excluding hydrogens is 877 g/mol. The highest BCUT2D eigenvalue weighted by Crippen LogP contribution is 2.64. The molecule has 332 valence electrons. The van der Waals surface area contributed by atoms with Crippen molar-refractivity contribution >= 4 is 97.0 Å². The minimum atomic E-state index is -0.595. The Morgan fingerprint density at radius 3 is 0.986 bits per heavy atom. The van der Waals surface area contributed by atoms with Crippen molar-refractivity contribution < 1.29 is 0 Å². The topological polar surface area (TPSA) is 0 Å². The summed E-state index contributed by atoms with van der Waals surface area (Å²) < 4.78 is 0. The monoisotopic (exact) mass is 916 g/mol. The van der Waals surface area contributed by atoms with Crippen molar-refractivity contribution in [2.24, 2.45) is 0 Å². The summed E-state index contributed by atoms with van der Waals surface area (Å²) >= 11 is 0. The average molecular weight is 917 g/mol. The second kappa shape index (κ2) is 13.5. The van der Waals surface area contributed by atoms with Gasteiger partial charge in [-0.05, 0) is 205 Å². The molecule has 0 bridgehead atoms. The van der Waals surface area contributed by atoms with E-state index in [0.717, 1.165) is 0 Å². The molecule has 0 saturated heterocycles. The highest BCUT2D eigenvalue weighted by molar-refractivity contribution is 6.27. The fourth-order valence-corrected chi connectivity index (χ4v) is 14.6. The van der Waals surface area contributed by atoms with E-state index in [1.54, 1.807) is 0 Å². The van der Waals surface area contributed by atoms with Crippen molar-refractivity contribution in [2.45, 2.75) is 5.41 Å². The van der Waals surface area contributed by atoms with Crippen LogP contribution in [0.2, 0.25) is 0 Å². The predicted octanol–water partition coefficient (Wildman–Crippen LogP) is 19.7. The summed E-state index contributed by atoms with van der Waals surface area (Å²) in [5.74, 6) is 0. The van der Waals surface area contributed by atoms with E-state index in [2.05, 4.69) is 243 Å². The first-order chi connectivity index (χ1) is 36.2. The van der Waals surface area contributed by atoms with Crippen LogP contribution in [0.4, 0.5) is 0 Å². The van der Waals surface area contributed by atoms with Crippen LogP contribution < -0.4 is 0 Å². The third-order valence-corrected chi connectivity index (χ3v) is 17.7. The van der Waals surface area contributed by atoms with Gasteiger partial charge < -0.3 is 0 Å². The molecule has 0 amide bonds. The van der Waals surface area contributed by atoms with Gasteiger partial charge in [-0.2, -0.15) is 0 Å². The number of hydrogen-bond acceptors (Lipinski definition) is 0. The van der Waals surface area contributed by atoms with Gasteiger partial charge in [-0.3, -0.25) is 0 Å². The van der Waals surface area contributed by atoms with Gasteiger partial charge in [-0.25, -0.2) is 0 Å². The van der Waals surface area contributed by atoms with Crippen molar-refractivity contribution in [3.05, 3.63) is 265 Å². The zero-order valence-corrected chi connectivity index (χ0v) is 39.6. The number of fused-ring (bicyclic) bond motifs is 10. The molecule has 0 saturated carbocycles. The second-order valence-corrected chi connectivity index (χ2v) is 21.0. The van der Waals surface area contributed by atoms with Crippen molar-refractivity contribution in [3.63, 3.8) is 0 Å². The Kier molecular flexibility index (Phi) is 7.12. The van der Waals surface area contributed by atoms with E-state index in [4.69, 9.17) is 0 Å². The summed E-state index contributed by atoms with van der Waals surface area (Å²) in [6, 6.07) is 93.5. The van der Waals surface area contributed by atoms with Gasteiger partial charge >= 0.3 is 0 Å². The zero-order chi connectivity index (χ0) is 47.3. The second-order valence-electron chi connectivity index (χ2n) is 21.0. The molecule has 16 aromatic rings. The Bertz CT molecular complexity index is 4790. The first kappa shape index (κ1) is 38.4. The highest BCUT2D eigenvalue weighted by Gasteiger charge is 2.52. The zero-order valence-electron chi connectivity index (χ0n) is 39.6. The van der Waals surface area contributed by atoms with E-state index >= 15 is 0 Å². The van der Waals surface area contributed by atoms with Gasteiger partial charge in [0.1, 0.15) is 0 Å². The van der Waals surface area contributed by atoms with Crippen LogP contribution in [0, 0.1) is 0 Å². The van der Waals surface area contributed by atoms with E-state index in [1.807, 2.05) is 0 Å². The predicted molar refractivity (Wildman–Crippen MR) is 310 cm³/mol. The Labute approximate surface area is 420 Å². The molecule has 0 radical (unpaired) electrons. The standard InChI is InChI=1S/C73H40/c1-2-13-63-57(12-1)58-31-26-49(54-36-52-20-18-41-6-3-7-42-19-21-53(37-54)70(52)67(41)42)38-64(58)73(63)65-39-50(55-29-22-47-16-14-43-8-4-10-45-24-34-61(55)71(47)68(43)45)27-32-59(65)60-33-28-51(40-66(60)73)56-30-23-48-17-15-44-9-5-11-46-25-35-62(56)72(48)69(44)46/h1-40H. The lowest BCUT2D eigenvalue weighted by molar-refractivity contribution is 0.794. The number of rotatable bonds is 3. The smallest absolute Gasteiger partial charge is 0.0619 e. The van der Waals surface area contributed by atoms with Crippen molar-refractivity contribution in [1.29, 1.82) is 0 Å². The SMILES string of the molecule is c1ccc2c(c1)-c1ccc(-c3cc4ccc5cccc6ccc(c3)c4c56)cc1C21c2cc(-c3ccc4ccc5cccc6ccc3c4c56)ccc2-c2ccc(-c3ccc4ccc5cccc6ccc3c4c56)cc21. The molecule has 18 rings (SSSR count). The Morgan fingerprint density at radius 2 is 0.507 bits per heavy atom. The summed E-state index contributed by atoms with van der Waals surface area (Å²) in [6.07, 6.45) is 0. The molecule has 0 heteroatoms. The first-order valence-corrected chi connectivity index (χ1v) is 25.7. The molecule has 1 spiro atoms. The molecule has 16 aromatic carbocycles. The molecule has 0 unspecified atom stereocenters. The largest absolute Gasteiger partial charge is 0.0726 e. The maximum Gasteiger partial charge on any atom is 0.0726 e. The molecular formula is C73H40. The average Bonchev–Trinajstić information content (AvgIpc) is 3.94. The normalized spacial score (nSPS) is 13.6. The first-order valence-electron chi connectivity index (χ1n) is 25.7. The summed E-state index contributed by atoms with van der Waals surface area (Å²) in [5, 5.41) is 23.6. The summed E-state index contributed by atoms with van der Waals surface area (Å²) in [7, 11) is 0. The van der Waals surface area contributed by atoms with Gasteiger partial charge in [0.15, 0.2) is 0 Å². The number of benzene rings is 16. The lowest BCUT2D eigenvalue weighted by Gasteiger charge is -2.31. The fourth-order valence-electron chi connectivity index (χ4n) is 14.6. The van der Waals surface area contributed by atoms with Gasteiger partial charge in [-0.15, -0.1) is 0 Å². The molecule has 0 heterocycles. The molecule has 0 N–H and O–H groups in total. The molecule has 73 heavy (non-hydrogen) atoms. The molecule has 0 aromatic heterocycles. The quantitative estimate of drug-likeness (QED) is 0.155. The molecule has 0 nitrogen and oxygen atoms in total. The van der Waals surface area contributed by atoms with Crippen molar-refractivity contribution in [3.8, 4) is 55.6 Å². The van der Waals surface area contributed by atoms with E-state index in [0.29, 0.717) is 0 Å². The van der Waals surface area contributed by atoms with Crippen molar-refractivity contribution in [2.75, 3.05) is 0 Å². The van der Waals surface area contributed by atoms with Gasteiger partial charge in [0.2, 0.25) is 0 Å². The van der Waals surface area contributed by atoms with Crippen LogP contribution in [0.1, 0.15) is 22.3 Å². The van der Waals surface area contributed by atoms with E-state index in [9.17, 15) is 0 Å². The van der Waals surface area contributed by atoms with Gasteiger partial charge in [-0.1, -0.05) is 212 Å². The van der Waals surface area contributed by atoms with E-state index in [1.165, 1.54) is 175 Å². The maximum atomic E-state index is 2.57. The third kappa shape index (κ3) is 4.82. The minimum absolute atomic E-state index is 0.595. The lowest BCUT2D eigenvalue weighted by Crippen LogP contribution is -2.26. The summed E-state index contributed by atoms with van der Waals surface area (Å²) in [4.78, 5) is 0. The van der Waals surface area contributed by atoms with Gasteiger partial charge in [0.05, 0.1) is 5.41 Å². The van der Waals surface area contributed by atoms with Crippen molar-refractivity contribution in [1.82, 2.24) is 0 Å². The van der Waals surface area contributed by atoms with E-state index in [-0.39, 0.29) is 0 Å². The van der Waals surface area contributed by atoms with Crippen LogP contribution in [0.5, 0.6) is 0 Å². The summed E-state index contributed by atoms with van der Waals surface area (Å²) in [5.41, 5.74) is 17.5. The number of hydrogen-bond donors (Lipinski definition) is 0. The van der Waals surface area contributed by atoms with Crippen LogP contribution in [0.15, 0.2) is 243 Å². The Morgan fingerprint density at radius 1 is 0.178 bits per heavy atom. The molecule has 2 aliphatic rings. The van der Waals surface area contributed by atoms with Crippen LogP contribution in [0.3, 0.4) is 0 Å². The van der Waals surface area contributed by atoms with Gasteiger partial charge in [0, 0.05) is 0 Å². The highest BCUT2D eigenvalue weighted by atomic mass is 14.5. The Balaban J connectivity index is 0.918. The van der Waals surface area contributed by atoms with Crippen LogP contribution >= 0.6 is 0 Å².